The predicted octanol–water partition coefficient (Wildman–Crippen LogP) is 3.11. The van der Waals surface area contributed by atoms with Crippen molar-refractivity contribution in [3.05, 3.63) is 34.9 Å². The number of piperidine rings is 1. The molecule has 1 saturated carbocycles. The molecule has 23 heavy (non-hydrogen) atoms. The first-order valence-electron chi connectivity index (χ1n) is 9.11. The van der Waals surface area contributed by atoms with Crippen LogP contribution in [0.5, 0.6) is 0 Å². The van der Waals surface area contributed by atoms with Gasteiger partial charge in [0.05, 0.1) is 0 Å². The predicted molar refractivity (Wildman–Crippen MR) is 92.5 cm³/mol. The smallest absolute Gasteiger partial charge is 0.248 e. The number of likely N-dealkylation sites (tertiary alicyclic amines) is 1. The van der Waals surface area contributed by atoms with E-state index in [0.29, 0.717) is 17.5 Å². The molecule has 3 nitrogen and oxygen atoms in total. The number of benzene rings is 1. The summed E-state index contributed by atoms with van der Waals surface area (Å²) in [5, 5.41) is 0. The molecule has 4 rings (SSSR count). The average Bonchev–Trinajstić information content (AvgIpc) is 3.34. The molecule has 0 radical (unpaired) electrons. The third-order valence-corrected chi connectivity index (χ3v) is 7.16. The monoisotopic (exact) mass is 312 g/mol. The maximum absolute atomic E-state index is 11.6. The van der Waals surface area contributed by atoms with Crippen LogP contribution in [0.1, 0.15) is 61.5 Å². The largest absolute Gasteiger partial charge is 0.366 e. The molecular formula is C20H28N2O. The van der Waals surface area contributed by atoms with Gasteiger partial charge in [0.15, 0.2) is 0 Å². The highest BCUT2D eigenvalue weighted by Crippen LogP contribution is 2.50. The van der Waals surface area contributed by atoms with Gasteiger partial charge in [-0.2, -0.15) is 0 Å². The lowest BCUT2D eigenvalue weighted by Crippen LogP contribution is -2.60. The van der Waals surface area contributed by atoms with Crippen LogP contribution in [0, 0.1) is 11.8 Å². The summed E-state index contributed by atoms with van der Waals surface area (Å²) in [6.07, 6.45) is 5.11. The molecule has 1 aromatic carbocycles. The second kappa shape index (κ2) is 5.07. The van der Waals surface area contributed by atoms with E-state index in [1.165, 1.54) is 36.9 Å². The fraction of sp³-hybridized carbons (Fsp3) is 0.650. The molecule has 1 aliphatic heterocycles. The molecule has 1 heterocycles. The molecule has 3 aliphatic rings. The number of nitrogens with zero attached hydrogens (tertiary/aromatic N) is 1. The van der Waals surface area contributed by atoms with E-state index in [1.807, 2.05) is 6.07 Å². The van der Waals surface area contributed by atoms with Gasteiger partial charge in [-0.15, -0.1) is 0 Å². The van der Waals surface area contributed by atoms with Crippen molar-refractivity contribution in [1.29, 1.82) is 0 Å². The zero-order valence-electron chi connectivity index (χ0n) is 14.5. The number of carbonyl (C=O) groups is 1. The minimum absolute atomic E-state index is 0.170. The number of primary amides is 1. The van der Waals surface area contributed by atoms with E-state index in [-0.39, 0.29) is 11.3 Å². The second-order valence-corrected chi connectivity index (χ2v) is 8.28. The van der Waals surface area contributed by atoms with Crippen LogP contribution in [0.3, 0.4) is 0 Å². The van der Waals surface area contributed by atoms with Gasteiger partial charge >= 0.3 is 0 Å². The quantitative estimate of drug-likeness (QED) is 0.932. The van der Waals surface area contributed by atoms with E-state index < -0.39 is 0 Å². The Bertz CT molecular complexity index is 651. The van der Waals surface area contributed by atoms with Crippen molar-refractivity contribution < 1.29 is 4.79 Å². The molecule has 2 aliphatic carbocycles. The Morgan fingerprint density at radius 1 is 1.39 bits per heavy atom. The van der Waals surface area contributed by atoms with Crippen molar-refractivity contribution >= 4 is 5.91 Å². The molecule has 2 bridgehead atoms. The van der Waals surface area contributed by atoms with Gasteiger partial charge < -0.3 is 5.73 Å². The number of nitrogens with two attached hydrogens (primary N) is 1. The highest BCUT2D eigenvalue weighted by molar-refractivity contribution is 5.93. The summed E-state index contributed by atoms with van der Waals surface area (Å²) in [4.78, 5) is 14.4. The van der Waals surface area contributed by atoms with Crippen LogP contribution >= 0.6 is 0 Å². The highest BCUT2D eigenvalue weighted by Gasteiger charge is 2.50. The molecular weight excluding hydrogens is 284 g/mol. The van der Waals surface area contributed by atoms with E-state index in [9.17, 15) is 4.79 Å². The van der Waals surface area contributed by atoms with Crippen molar-refractivity contribution in [3.63, 3.8) is 0 Å². The van der Waals surface area contributed by atoms with Crippen LogP contribution < -0.4 is 5.73 Å². The van der Waals surface area contributed by atoms with Crippen LogP contribution in [0.4, 0.5) is 0 Å². The Balaban J connectivity index is 1.73. The number of carbonyl (C=O) groups excluding carboxylic acids is 1. The number of hydrogen-bond acceptors (Lipinski definition) is 2. The van der Waals surface area contributed by atoms with Crippen LogP contribution in [-0.2, 0) is 11.8 Å². The molecule has 1 amide bonds. The molecule has 1 aromatic rings. The number of fused-ring (bicyclic) bond motifs is 4. The summed E-state index contributed by atoms with van der Waals surface area (Å²) in [6, 6.07) is 7.49. The number of rotatable bonds is 3. The first kappa shape index (κ1) is 15.2. The number of hydrogen-bond donors (Lipinski definition) is 1. The Morgan fingerprint density at radius 3 is 2.78 bits per heavy atom. The molecule has 0 spiro atoms. The molecule has 4 atom stereocenters. The Kier molecular flexibility index (Phi) is 3.35. The third-order valence-electron chi connectivity index (χ3n) is 7.16. The average molecular weight is 312 g/mol. The van der Waals surface area contributed by atoms with Crippen LogP contribution in [0.15, 0.2) is 18.2 Å². The van der Waals surface area contributed by atoms with Crippen LogP contribution in [0.25, 0.3) is 0 Å². The van der Waals surface area contributed by atoms with Crippen molar-refractivity contribution in [2.75, 3.05) is 6.54 Å². The van der Waals surface area contributed by atoms with Crippen LogP contribution in [-0.4, -0.2) is 29.4 Å². The van der Waals surface area contributed by atoms with Gasteiger partial charge in [-0.25, -0.2) is 0 Å². The Labute approximate surface area is 139 Å². The lowest BCUT2D eigenvalue weighted by Gasteiger charge is -2.56. The fourth-order valence-electron chi connectivity index (χ4n) is 5.16. The van der Waals surface area contributed by atoms with Gasteiger partial charge in [-0.1, -0.05) is 19.9 Å². The SMILES string of the molecule is CC1[C@H]2Cc3ccc(C(N)=O)cc3[C@]1(C)CCN2[C@@H](C)C1CC1. The van der Waals surface area contributed by atoms with Crippen molar-refractivity contribution in [2.24, 2.45) is 17.6 Å². The van der Waals surface area contributed by atoms with Gasteiger partial charge in [0.25, 0.3) is 0 Å². The molecule has 0 aromatic heterocycles. The summed E-state index contributed by atoms with van der Waals surface area (Å²) in [5.74, 6) is 1.23. The topological polar surface area (TPSA) is 46.3 Å². The summed E-state index contributed by atoms with van der Waals surface area (Å²) >= 11 is 0. The van der Waals surface area contributed by atoms with E-state index in [0.717, 1.165) is 18.4 Å². The Hall–Kier alpha value is -1.35. The zero-order chi connectivity index (χ0) is 16.4. The normalized spacial score (nSPS) is 34.7. The summed E-state index contributed by atoms with van der Waals surface area (Å²) in [5.41, 5.74) is 9.13. The zero-order valence-corrected chi connectivity index (χ0v) is 14.5. The number of amides is 1. The van der Waals surface area contributed by atoms with Gasteiger partial charge in [0.2, 0.25) is 5.91 Å². The summed E-state index contributed by atoms with van der Waals surface area (Å²) in [6.45, 7) is 8.42. The van der Waals surface area contributed by atoms with Gasteiger partial charge in [-0.05, 0) is 79.7 Å². The molecule has 1 saturated heterocycles. The molecule has 2 N–H and O–H groups in total. The minimum atomic E-state index is -0.314. The van der Waals surface area contributed by atoms with Gasteiger partial charge in [0.1, 0.15) is 0 Å². The first-order valence-corrected chi connectivity index (χ1v) is 9.11. The van der Waals surface area contributed by atoms with E-state index >= 15 is 0 Å². The highest BCUT2D eigenvalue weighted by atomic mass is 16.1. The standard InChI is InChI=1S/C20H28N2O/c1-12-18-11-15-6-7-16(19(21)23)10-17(15)20(12,3)8-9-22(18)13(2)14-4-5-14/h6-7,10,12-14,18H,4-5,8-9,11H2,1-3H3,(H2,21,23)/t12?,13-,18+,20+/m0/s1. The summed E-state index contributed by atoms with van der Waals surface area (Å²) in [7, 11) is 0. The molecule has 124 valence electrons. The van der Waals surface area contributed by atoms with Gasteiger partial charge in [-0.3, -0.25) is 9.69 Å². The maximum atomic E-state index is 11.6. The fourth-order valence-corrected chi connectivity index (χ4v) is 5.16. The second-order valence-electron chi connectivity index (χ2n) is 8.28. The van der Waals surface area contributed by atoms with E-state index in [1.54, 1.807) is 0 Å². The maximum Gasteiger partial charge on any atom is 0.248 e. The van der Waals surface area contributed by atoms with Gasteiger partial charge in [0, 0.05) is 17.6 Å². The molecule has 1 unspecified atom stereocenters. The van der Waals surface area contributed by atoms with E-state index in [2.05, 4.69) is 37.8 Å². The molecule has 2 fully saturated rings. The Morgan fingerprint density at radius 2 is 2.13 bits per heavy atom. The first-order chi connectivity index (χ1) is 10.9. The third kappa shape index (κ3) is 2.24. The minimum Gasteiger partial charge on any atom is -0.366 e. The van der Waals surface area contributed by atoms with Crippen molar-refractivity contribution in [2.45, 2.75) is 64.0 Å². The van der Waals surface area contributed by atoms with E-state index in [4.69, 9.17) is 5.73 Å². The summed E-state index contributed by atoms with van der Waals surface area (Å²) < 4.78 is 0. The van der Waals surface area contributed by atoms with Crippen LogP contribution in [0.2, 0.25) is 0 Å². The lowest BCUT2D eigenvalue weighted by molar-refractivity contribution is 0.000499. The van der Waals surface area contributed by atoms with Crippen molar-refractivity contribution in [1.82, 2.24) is 4.90 Å². The lowest BCUT2D eigenvalue weighted by atomic mass is 9.58. The van der Waals surface area contributed by atoms with Crippen molar-refractivity contribution in [3.8, 4) is 0 Å². The molecule has 3 heteroatoms.